The van der Waals surface area contributed by atoms with Crippen LogP contribution in [0.2, 0.25) is 0 Å². The molecule has 0 aromatic heterocycles. The fourth-order valence-electron chi connectivity index (χ4n) is 2.52. The number of carbonyl (C=O) groups is 1. The van der Waals surface area contributed by atoms with Gasteiger partial charge in [0.25, 0.3) is 5.91 Å². The number of nitro benzene ring substituents is 1. The van der Waals surface area contributed by atoms with Gasteiger partial charge in [0.2, 0.25) is 0 Å². The normalized spacial score (nSPS) is 22.0. The number of nitrogens with one attached hydrogen (secondary N) is 1. The molecular formula is C13H18N4O4. The molecule has 114 valence electrons. The highest BCUT2D eigenvalue weighted by molar-refractivity contribution is 6.00. The van der Waals surface area contributed by atoms with Crippen molar-refractivity contribution in [3.05, 3.63) is 33.9 Å². The maximum absolute atomic E-state index is 12.5. The molecular weight excluding hydrogens is 276 g/mol. The number of nitrogens with zero attached hydrogens (tertiary/aromatic N) is 2. The topological polar surface area (TPSA) is 122 Å². The average molecular weight is 294 g/mol. The van der Waals surface area contributed by atoms with Crippen LogP contribution in [0.15, 0.2) is 18.2 Å². The minimum absolute atomic E-state index is 0.000889. The molecule has 8 heteroatoms. The number of carbonyl (C=O) groups excluding carboxylic acids is 1. The number of aliphatic hydroxyl groups is 1. The summed E-state index contributed by atoms with van der Waals surface area (Å²) in [6.07, 6.45) is 0.0243. The third-order valence-corrected chi connectivity index (χ3v) is 3.75. The summed E-state index contributed by atoms with van der Waals surface area (Å²) < 4.78 is 0. The summed E-state index contributed by atoms with van der Waals surface area (Å²) in [7, 11) is 0. The fourth-order valence-corrected chi connectivity index (χ4v) is 2.52. The standard InChI is InChI=1S/C13H18N4O4/c1-8-7-16(6-5-11(8)18)13(19)9-3-2-4-10(15-14)12(9)17(20)21/h2-4,8,11,15,18H,5-7,14H2,1H3. The van der Waals surface area contributed by atoms with E-state index in [0.717, 1.165) is 0 Å². The van der Waals surface area contributed by atoms with E-state index in [0.29, 0.717) is 19.5 Å². The number of amides is 1. The second-order valence-corrected chi connectivity index (χ2v) is 5.19. The van der Waals surface area contributed by atoms with Crippen molar-refractivity contribution in [2.24, 2.45) is 11.8 Å². The summed E-state index contributed by atoms with van der Waals surface area (Å²) in [6.45, 7) is 2.59. The second-order valence-electron chi connectivity index (χ2n) is 5.19. The van der Waals surface area contributed by atoms with Gasteiger partial charge in [0, 0.05) is 13.1 Å². The van der Waals surface area contributed by atoms with E-state index in [2.05, 4.69) is 5.43 Å². The molecule has 4 N–H and O–H groups in total. The van der Waals surface area contributed by atoms with Crippen molar-refractivity contribution in [3.63, 3.8) is 0 Å². The van der Waals surface area contributed by atoms with E-state index in [9.17, 15) is 20.0 Å². The summed E-state index contributed by atoms with van der Waals surface area (Å²) in [5, 5.41) is 20.9. The second kappa shape index (κ2) is 6.06. The number of nitro groups is 1. The Morgan fingerprint density at radius 1 is 1.57 bits per heavy atom. The van der Waals surface area contributed by atoms with Crippen LogP contribution in [0, 0.1) is 16.0 Å². The van der Waals surface area contributed by atoms with Gasteiger partial charge in [-0.05, 0) is 24.5 Å². The van der Waals surface area contributed by atoms with Gasteiger partial charge >= 0.3 is 5.69 Å². The molecule has 1 amide bonds. The van der Waals surface area contributed by atoms with Crippen molar-refractivity contribution in [2.45, 2.75) is 19.4 Å². The van der Waals surface area contributed by atoms with E-state index in [1.54, 1.807) is 0 Å². The smallest absolute Gasteiger partial charge is 0.306 e. The van der Waals surface area contributed by atoms with Crippen LogP contribution in [-0.4, -0.2) is 40.0 Å². The summed E-state index contributed by atoms with van der Waals surface area (Å²) >= 11 is 0. The first-order chi connectivity index (χ1) is 9.95. The van der Waals surface area contributed by atoms with Crippen molar-refractivity contribution >= 4 is 17.3 Å². The summed E-state index contributed by atoms with van der Waals surface area (Å²) in [5.74, 6) is 4.79. The van der Waals surface area contributed by atoms with Crippen LogP contribution < -0.4 is 11.3 Å². The minimum Gasteiger partial charge on any atom is -0.393 e. The van der Waals surface area contributed by atoms with Crippen LogP contribution in [0.25, 0.3) is 0 Å². The highest BCUT2D eigenvalue weighted by atomic mass is 16.6. The summed E-state index contributed by atoms with van der Waals surface area (Å²) in [6, 6.07) is 4.39. The number of anilines is 1. The van der Waals surface area contributed by atoms with Crippen LogP contribution >= 0.6 is 0 Å². The Morgan fingerprint density at radius 2 is 2.29 bits per heavy atom. The lowest BCUT2D eigenvalue weighted by atomic mass is 9.96. The van der Waals surface area contributed by atoms with E-state index in [-0.39, 0.29) is 22.9 Å². The lowest BCUT2D eigenvalue weighted by Crippen LogP contribution is -2.45. The number of nitrogens with two attached hydrogens (primary N) is 1. The molecule has 0 saturated carbocycles. The van der Waals surface area contributed by atoms with Crippen LogP contribution in [0.5, 0.6) is 0 Å². The molecule has 1 aliphatic heterocycles. The maximum atomic E-state index is 12.5. The average Bonchev–Trinajstić information content (AvgIpc) is 2.48. The first-order valence-corrected chi connectivity index (χ1v) is 6.67. The van der Waals surface area contributed by atoms with Crippen LogP contribution in [-0.2, 0) is 0 Å². The number of benzene rings is 1. The molecule has 1 aromatic carbocycles. The van der Waals surface area contributed by atoms with Gasteiger partial charge in [-0.3, -0.25) is 20.8 Å². The van der Waals surface area contributed by atoms with Crippen LogP contribution in [0.1, 0.15) is 23.7 Å². The van der Waals surface area contributed by atoms with Gasteiger partial charge in [0.1, 0.15) is 11.3 Å². The predicted octanol–water partition coefficient (Wildman–Crippen LogP) is 0.723. The van der Waals surface area contributed by atoms with Crippen molar-refractivity contribution in [1.82, 2.24) is 4.90 Å². The Kier molecular flexibility index (Phi) is 4.39. The zero-order chi connectivity index (χ0) is 15.6. The molecule has 1 heterocycles. The molecule has 0 bridgehead atoms. The molecule has 21 heavy (non-hydrogen) atoms. The summed E-state index contributed by atoms with van der Waals surface area (Å²) in [5.41, 5.74) is 2.00. The van der Waals surface area contributed by atoms with Crippen molar-refractivity contribution in [3.8, 4) is 0 Å². The zero-order valence-electron chi connectivity index (χ0n) is 11.7. The summed E-state index contributed by atoms with van der Waals surface area (Å²) in [4.78, 5) is 24.6. The quantitative estimate of drug-likeness (QED) is 0.429. The Balaban J connectivity index is 2.33. The van der Waals surface area contributed by atoms with E-state index in [1.807, 2.05) is 6.92 Å². The fraction of sp³-hybridized carbons (Fsp3) is 0.462. The Hall–Kier alpha value is -2.19. The van der Waals surface area contributed by atoms with E-state index < -0.39 is 16.9 Å². The molecule has 2 unspecified atom stereocenters. The number of rotatable bonds is 3. The number of para-hydroxylation sites is 1. The number of hydrogen-bond acceptors (Lipinski definition) is 6. The minimum atomic E-state index is -0.620. The SMILES string of the molecule is CC1CN(C(=O)c2cccc(NN)c2[N+](=O)[O-])CCC1O. The van der Waals surface area contributed by atoms with Crippen LogP contribution in [0.3, 0.4) is 0 Å². The zero-order valence-corrected chi connectivity index (χ0v) is 11.7. The molecule has 8 nitrogen and oxygen atoms in total. The largest absolute Gasteiger partial charge is 0.393 e. The van der Waals surface area contributed by atoms with Gasteiger partial charge in [-0.1, -0.05) is 13.0 Å². The Labute approximate surface area is 121 Å². The van der Waals surface area contributed by atoms with Crippen molar-refractivity contribution in [1.29, 1.82) is 0 Å². The maximum Gasteiger partial charge on any atom is 0.306 e. The lowest BCUT2D eigenvalue weighted by molar-refractivity contribution is -0.384. The lowest BCUT2D eigenvalue weighted by Gasteiger charge is -2.34. The third-order valence-electron chi connectivity index (χ3n) is 3.75. The number of likely N-dealkylation sites (tertiary alicyclic amines) is 1. The monoisotopic (exact) mass is 294 g/mol. The predicted molar refractivity (Wildman–Crippen MR) is 76.6 cm³/mol. The van der Waals surface area contributed by atoms with Gasteiger partial charge in [0.05, 0.1) is 11.0 Å². The molecule has 0 spiro atoms. The van der Waals surface area contributed by atoms with Gasteiger partial charge < -0.3 is 15.4 Å². The number of aliphatic hydroxyl groups excluding tert-OH is 1. The molecule has 1 fully saturated rings. The van der Waals surface area contributed by atoms with Gasteiger partial charge in [-0.15, -0.1) is 0 Å². The van der Waals surface area contributed by atoms with Crippen molar-refractivity contribution < 1.29 is 14.8 Å². The highest BCUT2D eigenvalue weighted by Crippen LogP contribution is 2.30. The number of piperidine rings is 1. The molecule has 2 atom stereocenters. The first-order valence-electron chi connectivity index (χ1n) is 6.67. The van der Waals surface area contributed by atoms with Gasteiger partial charge in [-0.25, -0.2) is 0 Å². The number of nitrogen functional groups attached to an aromatic ring is 1. The first kappa shape index (κ1) is 15.2. The van der Waals surface area contributed by atoms with E-state index >= 15 is 0 Å². The van der Waals surface area contributed by atoms with Gasteiger partial charge in [0.15, 0.2) is 0 Å². The van der Waals surface area contributed by atoms with E-state index in [1.165, 1.54) is 23.1 Å². The molecule has 2 rings (SSSR count). The molecule has 1 saturated heterocycles. The number of hydrazine groups is 1. The highest BCUT2D eigenvalue weighted by Gasteiger charge is 2.32. The Bertz CT molecular complexity index is 563. The molecule has 1 aliphatic rings. The third kappa shape index (κ3) is 2.96. The molecule has 1 aromatic rings. The molecule has 0 aliphatic carbocycles. The van der Waals surface area contributed by atoms with Crippen LogP contribution in [0.4, 0.5) is 11.4 Å². The number of hydrogen-bond donors (Lipinski definition) is 3. The van der Waals surface area contributed by atoms with E-state index in [4.69, 9.17) is 5.84 Å². The Morgan fingerprint density at radius 3 is 2.86 bits per heavy atom. The van der Waals surface area contributed by atoms with Gasteiger partial charge in [-0.2, -0.15) is 0 Å². The molecule has 0 radical (unpaired) electrons. The van der Waals surface area contributed by atoms with Crippen molar-refractivity contribution in [2.75, 3.05) is 18.5 Å².